The molecule has 0 aliphatic rings. The van der Waals surface area contributed by atoms with Gasteiger partial charge in [0.2, 0.25) is 5.95 Å². The summed E-state index contributed by atoms with van der Waals surface area (Å²) in [5, 5.41) is 6.47. The molecule has 2 aromatic heterocycles. The summed E-state index contributed by atoms with van der Waals surface area (Å²) in [6, 6.07) is 26.3. The maximum absolute atomic E-state index is 4.74. The smallest absolute Gasteiger partial charge is 0.244 e. The molecule has 1 N–H and O–H groups in total. The van der Waals surface area contributed by atoms with E-state index in [0.717, 1.165) is 44.2 Å². The third-order valence-electron chi connectivity index (χ3n) is 4.93. The number of aromatic nitrogens is 3. The Morgan fingerprint density at radius 2 is 1.73 bits per heavy atom. The van der Waals surface area contributed by atoms with Crippen molar-refractivity contribution in [2.24, 2.45) is 5.10 Å². The van der Waals surface area contributed by atoms with Gasteiger partial charge in [-0.1, -0.05) is 66.7 Å². The molecule has 5 rings (SSSR count). The lowest BCUT2D eigenvalue weighted by Crippen LogP contribution is -2.00. The molecule has 0 atom stereocenters. The molecule has 5 nitrogen and oxygen atoms in total. The molecular formula is C25H19N5. The second-order valence-electron chi connectivity index (χ2n) is 7.07. The molecule has 0 spiro atoms. The highest BCUT2D eigenvalue weighted by atomic mass is 15.3. The van der Waals surface area contributed by atoms with Crippen LogP contribution in [0, 0.1) is 6.92 Å². The zero-order valence-electron chi connectivity index (χ0n) is 16.4. The summed E-state index contributed by atoms with van der Waals surface area (Å²) in [4.78, 5) is 13.9. The molecule has 5 aromatic rings. The van der Waals surface area contributed by atoms with E-state index in [4.69, 9.17) is 4.98 Å². The summed E-state index contributed by atoms with van der Waals surface area (Å²) in [5.74, 6) is 0.455. The summed E-state index contributed by atoms with van der Waals surface area (Å²) in [7, 11) is 0. The Hall–Kier alpha value is -4.12. The van der Waals surface area contributed by atoms with Crippen LogP contribution in [0.4, 0.5) is 5.95 Å². The standard InChI is InChI=1S/C25H19N5/c1-17-12-13-21-22(15-17)28-25(29-24(21)19-7-3-2-4-8-19)30-27-16-20-10-5-9-18-11-6-14-26-23(18)20/h2-16H,1H3,(H,28,29,30). The minimum absolute atomic E-state index is 0.455. The normalized spacial score (nSPS) is 11.4. The third-order valence-corrected chi connectivity index (χ3v) is 4.93. The number of hydrazone groups is 1. The Kier molecular flexibility index (Phi) is 4.62. The monoisotopic (exact) mass is 389 g/mol. The highest BCUT2D eigenvalue weighted by Gasteiger charge is 2.10. The molecule has 0 bridgehead atoms. The fourth-order valence-corrected chi connectivity index (χ4v) is 3.50. The Balaban J connectivity index is 1.53. The molecule has 0 unspecified atom stereocenters. The van der Waals surface area contributed by atoms with Crippen LogP contribution >= 0.6 is 0 Å². The molecule has 3 aromatic carbocycles. The number of nitrogens with one attached hydrogen (secondary N) is 1. The second-order valence-corrected chi connectivity index (χ2v) is 7.07. The maximum Gasteiger partial charge on any atom is 0.244 e. The van der Waals surface area contributed by atoms with E-state index in [9.17, 15) is 0 Å². The van der Waals surface area contributed by atoms with E-state index in [1.807, 2.05) is 48.5 Å². The van der Waals surface area contributed by atoms with Crippen molar-refractivity contribution in [2.45, 2.75) is 6.92 Å². The first-order valence-corrected chi connectivity index (χ1v) is 9.74. The van der Waals surface area contributed by atoms with Gasteiger partial charge in [-0.25, -0.2) is 15.4 Å². The lowest BCUT2D eigenvalue weighted by molar-refractivity contribution is 1.15. The molecule has 0 saturated carbocycles. The number of hydrogen-bond acceptors (Lipinski definition) is 5. The van der Waals surface area contributed by atoms with Gasteiger partial charge in [0.1, 0.15) is 0 Å². The van der Waals surface area contributed by atoms with E-state index < -0.39 is 0 Å². The van der Waals surface area contributed by atoms with Crippen molar-refractivity contribution in [3.8, 4) is 11.3 Å². The van der Waals surface area contributed by atoms with Crippen LogP contribution in [0.15, 0.2) is 90.2 Å². The molecule has 144 valence electrons. The number of pyridine rings is 1. The van der Waals surface area contributed by atoms with Gasteiger partial charge < -0.3 is 0 Å². The van der Waals surface area contributed by atoms with E-state index in [1.165, 1.54) is 0 Å². The average molecular weight is 389 g/mol. The Labute approximate surface area is 174 Å². The van der Waals surface area contributed by atoms with Crippen LogP contribution in [0.2, 0.25) is 0 Å². The van der Waals surface area contributed by atoms with Crippen molar-refractivity contribution >= 4 is 34.0 Å². The number of para-hydroxylation sites is 1. The minimum atomic E-state index is 0.455. The average Bonchev–Trinajstić information content (AvgIpc) is 2.79. The van der Waals surface area contributed by atoms with Crippen molar-refractivity contribution in [3.63, 3.8) is 0 Å². The quantitative estimate of drug-likeness (QED) is 0.321. The van der Waals surface area contributed by atoms with Crippen LogP contribution < -0.4 is 5.43 Å². The van der Waals surface area contributed by atoms with E-state index in [1.54, 1.807) is 12.4 Å². The molecule has 0 radical (unpaired) electrons. The van der Waals surface area contributed by atoms with Crippen molar-refractivity contribution in [1.29, 1.82) is 0 Å². The van der Waals surface area contributed by atoms with Gasteiger partial charge in [0.25, 0.3) is 0 Å². The molecule has 30 heavy (non-hydrogen) atoms. The van der Waals surface area contributed by atoms with Crippen LogP contribution in [-0.2, 0) is 0 Å². The predicted octanol–water partition coefficient (Wildman–Crippen LogP) is 5.60. The van der Waals surface area contributed by atoms with Crippen LogP contribution in [0.3, 0.4) is 0 Å². The van der Waals surface area contributed by atoms with Gasteiger partial charge in [-0.05, 0) is 24.6 Å². The summed E-state index contributed by atoms with van der Waals surface area (Å²) in [6.07, 6.45) is 3.54. The van der Waals surface area contributed by atoms with E-state index in [2.05, 4.69) is 57.8 Å². The van der Waals surface area contributed by atoms with E-state index >= 15 is 0 Å². The summed E-state index contributed by atoms with van der Waals surface area (Å²) in [5.41, 5.74) is 8.79. The lowest BCUT2D eigenvalue weighted by atomic mass is 10.1. The van der Waals surface area contributed by atoms with Crippen molar-refractivity contribution in [2.75, 3.05) is 5.43 Å². The second kappa shape index (κ2) is 7.72. The number of anilines is 1. The molecular weight excluding hydrogens is 370 g/mol. The summed E-state index contributed by atoms with van der Waals surface area (Å²) in [6.45, 7) is 2.06. The Morgan fingerprint density at radius 3 is 2.63 bits per heavy atom. The maximum atomic E-state index is 4.74. The van der Waals surface area contributed by atoms with Gasteiger partial charge in [0, 0.05) is 28.1 Å². The van der Waals surface area contributed by atoms with Crippen LogP contribution in [0.25, 0.3) is 33.1 Å². The van der Waals surface area contributed by atoms with Gasteiger partial charge in [-0.15, -0.1) is 0 Å². The van der Waals surface area contributed by atoms with Gasteiger partial charge in [0.05, 0.1) is 22.9 Å². The molecule has 5 heteroatoms. The zero-order valence-corrected chi connectivity index (χ0v) is 16.4. The molecule has 0 fully saturated rings. The van der Waals surface area contributed by atoms with Crippen LogP contribution in [0.5, 0.6) is 0 Å². The summed E-state index contributed by atoms with van der Waals surface area (Å²) >= 11 is 0. The minimum Gasteiger partial charge on any atom is -0.256 e. The van der Waals surface area contributed by atoms with Gasteiger partial charge in [-0.3, -0.25) is 4.98 Å². The molecule has 0 aliphatic heterocycles. The highest BCUT2D eigenvalue weighted by Crippen LogP contribution is 2.27. The predicted molar refractivity (Wildman–Crippen MR) is 123 cm³/mol. The SMILES string of the molecule is Cc1ccc2c(-c3ccccc3)nc(NN=Cc3cccc4cccnc34)nc2c1. The number of rotatable bonds is 4. The number of benzene rings is 3. The number of hydrogen-bond donors (Lipinski definition) is 1. The number of nitrogens with zero attached hydrogens (tertiary/aromatic N) is 4. The number of fused-ring (bicyclic) bond motifs is 2. The molecule has 2 heterocycles. The topological polar surface area (TPSA) is 63.1 Å². The van der Waals surface area contributed by atoms with Gasteiger partial charge in [0.15, 0.2) is 0 Å². The van der Waals surface area contributed by atoms with E-state index in [-0.39, 0.29) is 0 Å². The first-order chi connectivity index (χ1) is 14.8. The summed E-state index contributed by atoms with van der Waals surface area (Å²) < 4.78 is 0. The number of aryl methyl sites for hydroxylation is 1. The van der Waals surface area contributed by atoms with Crippen LogP contribution in [-0.4, -0.2) is 21.2 Å². The van der Waals surface area contributed by atoms with Crippen LogP contribution in [0.1, 0.15) is 11.1 Å². The van der Waals surface area contributed by atoms with E-state index in [0.29, 0.717) is 5.95 Å². The lowest BCUT2D eigenvalue weighted by Gasteiger charge is -2.09. The Bertz CT molecular complexity index is 1370. The zero-order chi connectivity index (χ0) is 20.3. The van der Waals surface area contributed by atoms with Crippen molar-refractivity contribution in [3.05, 3.63) is 96.2 Å². The van der Waals surface area contributed by atoms with Gasteiger partial charge in [-0.2, -0.15) is 5.10 Å². The Morgan fingerprint density at radius 1 is 0.867 bits per heavy atom. The highest BCUT2D eigenvalue weighted by molar-refractivity contribution is 5.97. The third kappa shape index (κ3) is 3.49. The molecule has 0 amide bonds. The molecule has 0 saturated heterocycles. The first kappa shape index (κ1) is 17.9. The first-order valence-electron chi connectivity index (χ1n) is 9.74. The van der Waals surface area contributed by atoms with Crippen molar-refractivity contribution < 1.29 is 0 Å². The van der Waals surface area contributed by atoms with Crippen molar-refractivity contribution in [1.82, 2.24) is 15.0 Å². The fraction of sp³-hybridized carbons (Fsp3) is 0.0400. The fourth-order valence-electron chi connectivity index (χ4n) is 3.50. The molecule has 0 aliphatic carbocycles. The largest absolute Gasteiger partial charge is 0.256 e. The van der Waals surface area contributed by atoms with Gasteiger partial charge >= 0.3 is 0 Å².